The minimum atomic E-state index is -0.123. The van der Waals surface area contributed by atoms with Crippen molar-refractivity contribution in [2.24, 2.45) is 16.3 Å². The van der Waals surface area contributed by atoms with Crippen molar-refractivity contribution in [3.05, 3.63) is 63.5 Å². The van der Waals surface area contributed by atoms with E-state index in [9.17, 15) is 4.79 Å². The number of benzene rings is 2. The number of rotatable bonds is 7. The normalized spacial score (nSPS) is 15.4. The maximum Gasteiger partial charge on any atom is 0.259 e. The molecule has 4 rings (SSSR count). The number of thiophene rings is 1. The minimum Gasteiger partial charge on any atom is -0.493 e. The van der Waals surface area contributed by atoms with E-state index < -0.39 is 0 Å². The first-order chi connectivity index (χ1) is 17.7. The smallest absolute Gasteiger partial charge is 0.259 e. The van der Waals surface area contributed by atoms with Crippen LogP contribution in [-0.4, -0.2) is 33.5 Å². The molecule has 3 aromatic rings. The van der Waals surface area contributed by atoms with Gasteiger partial charge in [0.25, 0.3) is 5.91 Å². The van der Waals surface area contributed by atoms with E-state index in [2.05, 4.69) is 26.1 Å². The van der Waals surface area contributed by atoms with Crippen molar-refractivity contribution in [1.82, 2.24) is 0 Å². The molecule has 0 saturated heterocycles. The van der Waals surface area contributed by atoms with Crippen LogP contribution in [0.15, 0.2) is 41.4 Å². The zero-order valence-corrected chi connectivity index (χ0v) is 23.5. The van der Waals surface area contributed by atoms with Gasteiger partial charge in [0, 0.05) is 22.3 Å². The van der Waals surface area contributed by atoms with Crippen LogP contribution in [0.4, 0.5) is 10.7 Å². The van der Waals surface area contributed by atoms with Crippen LogP contribution in [0.5, 0.6) is 17.2 Å². The second-order valence-electron chi connectivity index (χ2n) is 10.5. The summed E-state index contributed by atoms with van der Waals surface area (Å²) in [6, 6.07) is 11.5. The average molecular weight is 521 g/mol. The number of nitrogens with one attached hydrogen (secondary N) is 1. The van der Waals surface area contributed by atoms with Crippen LogP contribution in [0.1, 0.15) is 59.1 Å². The summed E-state index contributed by atoms with van der Waals surface area (Å²) < 4.78 is 16.6. The summed E-state index contributed by atoms with van der Waals surface area (Å²) >= 11 is 1.62. The van der Waals surface area contributed by atoms with Gasteiger partial charge in [-0.25, -0.2) is 4.99 Å². The maximum absolute atomic E-state index is 13.6. The molecule has 1 aromatic heterocycles. The molecule has 7 heteroatoms. The number of hydrogen-bond donors (Lipinski definition) is 1. The van der Waals surface area contributed by atoms with Crippen molar-refractivity contribution in [2.45, 2.75) is 47.0 Å². The van der Waals surface area contributed by atoms with Crippen molar-refractivity contribution in [3.8, 4) is 17.2 Å². The van der Waals surface area contributed by atoms with Gasteiger partial charge in [-0.3, -0.25) is 4.79 Å². The summed E-state index contributed by atoms with van der Waals surface area (Å²) in [6.45, 7) is 8.92. The Balaban J connectivity index is 1.75. The first kappa shape index (κ1) is 26.7. The monoisotopic (exact) mass is 520 g/mol. The van der Waals surface area contributed by atoms with E-state index in [0.717, 1.165) is 41.6 Å². The summed E-state index contributed by atoms with van der Waals surface area (Å²) in [6.07, 6.45) is 4.63. The maximum atomic E-state index is 13.6. The molecule has 1 unspecified atom stereocenters. The van der Waals surface area contributed by atoms with E-state index in [4.69, 9.17) is 19.2 Å². The van der Waals surface area contributed by atoms with Crippen LogP contribution in [0.2, 0.25) is 0 Å². The SMILES string of the molecule is COc1ccc(C=Nc2sc3c(c2C(=O)Nc2ccc(C)cc2)CCC(C(C)(C)C)C3)c(OC)c1OC. The van der Waals surface area contributed by atoms with Gasteiger partial charge in [-0.05, 0) is 67.3 Å². The van der Waals surface area contributed by atoms with E-state index in [0.29, 0.717) is 33.7 Å². The Hall–Kier alpha value is -3.32. The lowest BCUT2D eigenvalue weighted by Crippen LogP contribution is -2.27. The number of aryl methyl sites for hydroxylation is 1. The molecule has 1 aliphatic rings. The molecule has 1 amide bonds. The predicted octanol–water partition coefficient (Wildman–Crippen LogP) is 7.24. The molecule has 0 spiro atoms. The second-order valence-corrected chi connectivity index (χ2v) is 11.6. The quantitative estimate of drug-likeness (QED) is 0.334. The van der Waals surface area contributed by atoms with Crippen molar-refractivity contribution < 1.29 is 19.0 Å². The number of ether oxygens (including phenoxy) is 3. The van der Waals surface area contributed by atoms with Crippen molar-refractivity contribution in [3.63, 3.8) is 0 Å². The molecule has 6 nitrogen and oxygen atoms in total. The van der Waals surface area contributed by atoms with Gasteiger partial charge in [-0.15, -0.1) is 11.3 Å². The Morgan fingerprint density at radius 2 is 1.73 bits per heavy atom. The Kier molecular flexibility index (Phi) is 7.93. The number of carbonyl (C=O) groups excluding carboxylic acids is 1. The number of aliphatic imine (C=N–C) groups is 1. The number of nitrogens with zero attached hydrogens (tertiary/aromatic N) is 1. The molecule has 196 valence electrons. The molecule has 0 saturated carbocycles. The van der Waals surface area contributed by atoms with Gasteiger partial charge in [0.2, 0.25) is 5.75 Å². The third-order valence-electron chi connectivity index (χ3n) is 7.06. The molecule has 0 bridgehead atoms. The Bertz CT molecular complexity index is 1300. The van der Waals surface area contributed by atoms with Crippen molar-refractivity contribution in [2.75, 3.05) is 26.6 Å². The Labute approximate surface area is 223 Å². The summed E-state index contributed by atoms with van der Waals surface area (Å²) in [5.41, 5.74) is 4.67. The summed E-state index contributed by atoms with van der Waals surface area (Å²) in [5.74, 6) is 2.06. The van der Waals surface area contributed by atoms with Gasteiger partial charge in [0.05, 0.1) is 26.9 Å². The number of fused-ring (bicyclic) bond motifs is 1. The van der Waals surface area contributed by atoms with E-state index in [1.165, 1.54) is 4.88 Å². The highest BCUT2D eigenvalue weighted by molar-refractivity contribution is 7.16. The van der Waals surface area contributed by atoms with Crippen molar-refractivity contribution in [1.29, 1.82) is 0 Å². The zero-order chi connectivity index (χ0) is 26.7. The highest BCUT2D eigenvalue weighted by Gasteiger charge is 2.33. The molecular formula is C30H36N2O4S. The van der Waals surface area contributed by atoms with Crippen LogP contribution >= 0.6 is 11.3 Å². The first-order valence-electron chi connectivity index (χ1n) is 12.5. The van der Waals surface area contributed by atoms with Gasteiger partial charge < -0.3 is 19.5 Å². The lowest BCUT2D eigenvalue weighted by atomic mass is 9.72. The number of anilines is 1. The standard InChI is InChI=1S/C30H36N2O4S/c1-18-8-12-21(13-9-18)32-28(33)25-22-14-11-20(30(2,3)4)16-24(22)37-29(25)31-17-19-10-15-23(34-5)27(36-7)26(19)35-6/h8-10,12-13,15,17,20H,11,14,16H2,1-7H3,(H,32,33). The highest BCUT2D eigenvalue weighted by atomic mass is 32.1. The molecule has 0 fully saturated rings. The summed E-state index contributed by atoms with van der Waals surface area (Å²) in [5, 5.41) is 3.80. The lowest BCUT2D eigenvalue weighted by molar-refractivity contribution is 0.102. The molecule has 0 aliphatic heterocycles. The largest absolute Gasteiger partial charge is 0.493 e. The predicted molar refractivity (Wildman–Crippen MR) is 152 cm³/mol. The van der Waals surface area contributed by atoms with E-state index in [-0.39, 0.29) is 11.3 Å². The van der Waals surface area contributed by atoms with E-state index in [1.807, 2.05) is 43.3 Å². The van der Waals surface area contributed by atoms with Crippen LogP contribution in [0, 0.1) is 18.3 Å². The average Bonchev–Trinajstić information content (AvgIpc) is 3.25. The van der Waals surface area contributed by atoms with E-state index in [1.54, 1.807) is 38.9 Å². The third kappa shape index (κ3) is 5.67. The van der Waals surface area contributed by atoms with Crippen molar-refractivity contribution >= 4 is 34.1 Å². The fourth-order valence-corrected chi connectivity index (χ4v) is 6.09. The summed E-state index contributed by atoms with van der Waals surface area (Å²) in [4.78, 5) is 19.7. The lowest BCUT2D eigenvalue weighted by Gasteiger charge is -2.33. The highest BCUT2D eigenvalue weighted by Crippen LogP contribution is 2.46. The molecule has 1 N–H and O–H groups in total. The number of amides is 1. The van der Waals surface area contributed by atoms with Crippen LogP contribution < -0.4 is 19.5 Å². The molecule has 1 heterocycles. The number of methoxy groups -OCH3 is 3. The molecule has 37 heavy (non-hydrogen) atoms. The molecule has 1 aliphatic carbocycles. The van der Waals surface area contributed by atoms with Gasteiger partial charge in [-0.2, -0.15) is 0 Å². The molecular weight excluding hydrogens is 484 g/mol. The topological polar surface area (TPSA) is 69.2 Å². The van der Waals surface area contributed by atoms with E-state index >= 15 is 0 Å². The molecule has 1 atom stereocenters. The second kappa shape index (κ2) is 11.0. The number of carbonyl (C=O) groups is 1. The zero-order valence-electron chi connectivity index (χ0n) is 22.7. The molecule has 0 radical (unpaired) electrons. The minimum absolute atomic E-state index is 0.123. The van der Waals surface area contributed by atoms with Gasteiger partial charge in [0.15, 0.2) is 11.5 Å². The van der Waals surface area contributed by atoms with Gasteiger partial charge in [0.1, 0.15) is 5.00 Å². The Morgan fingerprint density at radius 3 is 2.35 bits per heavy atom. The fourth-order valence-electron chi connectivity index (χ4n) is 4.82. The van der Waals surface area contributed by atoms with Crippen LogP contribution in [0.3, 0.4) is 0 Å². The molecule has 2 aromatic carbocycles. The van der Waals surface area contributed by atoms with Gasteiger partial charge in [-0.1, -0.05) is 38.5 Å². The fraction of sp³-hybridized carbons (Fsp3) is 0.400. The summed E-state index contributed by atoms with van der Waals surface area (Å²) in [7, 11) is 4.75. The first-order valence-corrected chi connectivity index (χ1v) is 13.3. The van der Waals surface area contributed by atoms with Crippen LogP contribution in [0.25, 0.3) is 0 Å². The Morgan fingerprint density at radius 1 is 1.03 bits per heavy atom. The van der Waals surface area contributed by atoms with Crippen LogP contribution in [-0.2, 0) is 12.8 Å². The third-order valence-corrected chi connectivity index (χ3v) is 8.23. The number of hydrogen-bond acceptors (Lipinski definition) is 6. The van der Waals surface area contributed by atoms with Gasteiger partial charge >= 0.3 is 0 Å².